The number of rotatable bonds is 5. The minimum atomic E-state index is -0.318. The maximum atomic E-state index is 12.6. The van der Waals surface area contributed by atoms with E-state index < -0.39 is 0 Å². The SMILES string of the molecule is CC(=O)Nc1ccc(C(=O)Nc2nnc([C@@H]3CC(=O)N(c4cc(C)cc(C)c4)C3)s2)cc1. The third-order valence-corrected chi connectivity index (χ3v) is 6.12. The van der Waals surface area contributed by atoms with Crippen molar-refractivity contribution in [2.24, 2.45) is 0 Å². The van der Waals surface area contributed by atoms with Crippen LogP contribution in [0.3, 0.4) is 0 Å². The highest BCUT2D eigenvalue weighted by Crippen LogP contribution is 2.35. The van der Waals surface area contributed by atoms with Gasteiger partial charge in [-0.3, -0.25) is 19.7 Å². The molecule has 0 aliphatic carbocycles. The molecule has 0 radical (unpaired) electrons. The molecule has 0 unspecified atom stereocenters. The van der Waals surface area contributed by atoms with E-state index >= 15 is 0 Å². The lowest BCUT2D eigenvalue weighted by Crippen LogP contribution is -2.24. The smallest absolute Gasteiger partial charge is 0.257 e. The Kier molecular flexibility index (Phi) is 6.00. The quantitative estimate of drug-likeness (QED) is 0.615. The topological polar surface area (TPSA) is 104 Å². The summed E-state index contributed by atoms with van der Waals surface area (Å²) in [5.74, 6) is -0.505. The van der Waals surface area contributed by atoms with Crippen molar-refractivity contribution in [2.75, 3.05) is 22.1 Å². The number of nitrogens with one attached hydrogen (secondary N) is 2. The molecule has 1 aliphatic rings. The van der Waals surface area contributed by atoms with Crippen LogP contribution in [-0.2, 0) is 9.59 Å². The van der Waals surface area contributed by atoms with E-state index in [1.54, 1.807) is 29.2 Å². The van der Waals surface area contributed by atoms with Gasteiger partial charge >= 0.3 is 0 Å². The fourth-order valence-corrected chi connectivity index (χ4v) is 4.59. The predicted molar refractivity (Wildman–Crippen MR) is 124 cm³/mol. The molecule has 9 heteroatoms. The monoisotopic (exact) mass is 449 g/mol. The Labute approximate surface area is 189 Å². The first-order valence-electron chi connectivity index (χ1n) is 10.2. The Bertz CT molecular complexity index is 1170. The number of carbonyl (C=O) groups excluding carboxylic acids is 3. The average molecular weight is 450 g/mol. The zero-order valence-corrected chi connectivity index (χ0v) is 18.8. The summed E-state index contributed by atoms with van der Waals surface area (Å²) in [4.78, 5) is 38.0. The molecule has 1 aromatic heterocycles. The molecule has 4 rings (SSSR count). The van der Waals surface area contributed by atoms with Gasteiger partial charge in [0.25, 0.3) is 5.91 Å². The molecular weight excluding hydrogens is 426 g/mol. The molecule has 0 bridgehead atoms. The fraction of sp³-hybridized carbons (Fsp3) is 0.261. The Hall–Kier alpha value is -3.59. The Morgan fingerprint density at radius 3 is 2.38 bits per heavy atom. The molecule has 2 aromatic carbocycles. The number of nitrogens with zero attached hydrogens (tertiary/aromatic N) is 3. The van der Waals surface area contributed by atoms with Crippen LogP contribution < -0.4 is 15.5 Å². The normalized spacial score (nSPS) is 15.7. The standard InChI is InChI=1S/C23H23N5O3S/c1-13-8-14(2)10-19(9-13)28-12-17(11-20(28)30)22-26-27-23(32-22)25-21(31)16-4-6-18(7-5-16)24-15(3)29/h4-10,17H,11-12H2,1-3H3,(H,24,29)(H,25,27,31)/t17-/m1/s1. The Morgan fingerprint density at radius 1 is 1.03 bits per heavy atom. The lowest BCUT2D eigenvalue weighted by atomic mass is 10.1. The molecule has 2 N–H and O–H groups in total. The Morgan fingerprint density at radius 2 is 1.72 bits per heavy atom. The van der Waals surface area contributed by atoms with Crippen molar-refractivity contribution in [3.63, 3.8) is 0 Å². The van der Waals surface area contributed by atoms with Crippen LogP contribution in [0.2, 0.25) is 0 Å². The number of anilines is 3. The van der Waals surface area contributed by atoms with Gasteiger partial charge in [-0.05, 0) is 61.4 Å². The number of benzene rings is 2. The highest BCUT2D eigenvalue weighted by Gasteiger charge is 2.34. The second-order valence-corrected chi connectivity index (χ2v) is 8.92. The summed E-state index contributed by atoms with van der Waals surface area (Å²) in [5, 5.41) is 14.8. The molecule has 3 aromatic rings. The highest BCUT2D eigenvalue weighted by atomic mass is 32.1. The average Bonchev–Trinajstić information content (AvgIpc) is 3.34. The van der Waals surface area contributed by atoms with Gasteiger partial charge in [0.2, 0.25) is 16.9 Å². The van der Waals surface area contributed by atoms with Gasteiger partial charge in [0.1, 0.15) is 5.01 Å². The highest BCUT2D eigenvalue weighted by molar-refractivity contribution is 7.15. The molecule has 8 nitrogen and oxygen atoms in total. The zero-order valence-electron chi connectivity index (χ0n) is 18.0. The van der Waals surface area contributed by atoms with Crippen LogP contribution in [0.4, 0.5) is 16.5 Å². The van der Waals surface area contributed by atoms with E-state index in [0.29, 0.717) is 29.3 Å². The van der Waals surface area contributed by atoms with Crippen molar-refractivity contribution in [1.29, 1.82) is 0 Å². The molecule has 1 fully saturated rings. The molecule has 32 heavy (non-hydrogen) atoms. The van der Waals surface area contributed by atoms with Crippen LogP contribution in [0.5, 0.6) is 0 Å². The van der Waals surface area contributed by atoms with E-state index in [2.05, 4.69) is 26.9 Å². The van der Waals surface area contributed by atoms with Gasteiger partial charge in [-0.2, -0.15) is 0 Å². The molecule has 0 saturated carbocycles. The van der Waals surface area contributed by atoms with Crippen LogP contribution in [-0.4, -0.2) is 34.5 Å². The molecule has 1 atom stereocenters. The Balaban J connectivity index is 1.42. The molecule has 1 aliphatic heterocycles. The first kappa shape index (κ1) is 21.6. The van der Waals surface area contributed by atoms with E-state index in [1.165, 1.54) is 18.3 Å². The van der Waals surface area contributed by atoms with Gasteiger partial charge in [-0.25, -0.2) is 0 Å². The number of hydrogen-bond donors (Lipinski definition) is 2. The lowest BCUT2D eigenvalue weighted by molar-refractivity contribution is -0.117. The van der Waals surface area contributed by atoms with Gasteiger partial charge in [0, 0.05) is 42.7 Å². The molecule has 1 saturated heterocycles. The number of hydrogen-bond acceptors (Lipinski definition) is 6. The second-order valence-electron chi connectivity index (χ2n) is 7.91. The third kappa shape index (κ3) is 4.83. The van der Waals surface area contributed by atoms with Gasteiger partial charge < -0.3 is 10.2 Å². The van der Waals surface area contributed by atoms with Crippen LogP contribution in [0.1, 0.15) is 45.8 Å². The maximum absolute atomic E-state index is 12.6. The second kappa shape index (κ2) is 8.88. The summed E-state index contributed by atoms with van der Waals surface area (Å²) in [6.45, 7) is 5.99. The molecule has 2 heterocycles. The summed E-state index contributed by atoms with van der Waals surface area (Å²) in [6, 6.07) is 12.7. The first-order valence-corrected chi connectivity index (χ1v) is 11.0. The van der Waals surface area contributed by atoms with Gasteiger partial charge in [-0.15, -0.1) is 10.2 Å². The van der Waals surface area contributed by atoms with Crippen LogP contribution in [0.15, 0.2) is 42.5 Å². The fourth-order valence-electron chi connectivity index (χ4n) is 3.76. The summed E-state index contributed by atoms with van der Waals surface area (Å²) in [5.41, 5.74) is 4.18. The third-order valence-electron chi connectivity index (χ3n) is 5.12. The number of carbonyl (C=O) groups is 3. The summed E-state index contributed by atoms with van der Waals surface area (Å²) in [6.07, 6.45) is 0.361. The molecule has 3 amide bonds. The van der Waals surface area contributed by atoms with Crippen LogP contribution in [0, 0.1) is 13.8 Å². The van der Waals surface area contributed by atoms with Gasteiger partial charge in [0.15, 0.2) is 0 Å². The number of aryl methyl sites for hydroxylation is 2. The van der Waals surface area contributed by atoms with E-state index in [0.717, 1.165) is 21.8 Å². The van der Waals surface area contributed by atoms with E-state index in [-0.39, 0.29) is 23.6 Å². The van der Waals surface area contributed by atoms with Gasteiger partial charge in [0.05, 0.1) is 0 Å². The van der Waals surface area contributed by atoms with Crippen molar-refractivity contribution < 1.29 is 14.4 Å². The van der Waals surface area contributed by atoms with Crippen molar-refractivity contribution in [3.05, 3.63) is 64.2 Å². The van der Waals surface area contributed by atoms with E-state index in [1.807, 2.05) is 26.0 Å². The number of amides is 3. The van der Waals surface area contributed by atoms with Gasteiger partial charge in [-0.1, -0.05) is 17.4 Å². The minimum Gasteiger partial charge on any atom is -0.326 e. The summed E-state index contributed by atoms with van der Waals surface area (Å²) >= 11 is 1.28. The van der Waals surface area contributed by atoms with Crippen molar-refractivity contribution in [3.8, 4) is 0 Å². The summed E-state index contributed by atoms with van der Waals surface area (Å²) in [7, 11) is 0. The molecular formula is C23H23N5O3S. The van der Waals surface area contributed by atoms with E-state index in [4.69, 9.17) is 0 Å². The van der Waals surface area contributed by atoms with Crippen LogP contribution in [0.25, 0.3) is 0 Å². The van der Waals surface area contributed by atoms with E-state index in [9.17, 15) is 14.4 Å². The predicted octanol–water partition coefficient (Wildman–Crippen LogP) is 3.89. The molecule has 164 valence electrons. The lowest BCUT2D eigenvalue weighted by Gasteiger charge is -2.17. The van der Waals surface area contributed by atoms with Crippen molar-refractivity contribution >= 4 is 45.6 Å². The zero-order chi connectivity index (χ0) is 22.8. The largest absolute Gasteiger partial charge is 0.326 e. The number of aromatic nitrogens is 2. The van der Waals surface area contributed by atoms with Crippen LogP contribution >= 0.6 is 11.3 Å². The van der Waals surface area contributed by atoms with Crippen molar-refractivity contribution in [1.82, 2.24) is 10.2 Å². The maximum Gasteiger partial charge on any atom is 0.257 e. The first-order chi connectivity index (χ1) is 15.3. The summed E-state index contributed by atoms with van der Waals surface area (Å²) < 4.78 is 0. The minimum absolute atomic E-state index is 0.0556. The molecule has 0 spiro atoms. The van der Waals surface area contributed by atoms with Crippen molar-refractivity contribution in [2.45, 2.75) is 33.1 Å².